The number of esters is 1. The number of hydrogen-bond donors (Lipinski definition) is 2. The number of H-pyrrole nitrogens is 1. The van der Waals surface area contributed by atoms with Gasteiger partial charge in [0.05, 0.1) is 12.3 Å². The van der Waals surface area contributed by atoms with E-state index in [0.717, 1.165) is 5.56 Å². The molecule has 1 aromatic carbocycles. The number of anilines is 2. The van der Waals surface area contributed by atoms with Gasteiger partial charge in [-0.2, -0.15) is 5.10 Å². The van der Waals surface area contributed by atoms with Crippen molar-refractivity contribution in [2.24, 2.45) is 0 Å². The highest BCUT2D eigenvalue weighted by Crippen LogP contribution is 2.24. The van der Waals surface area contributed by atoms with Gasteiger partial charge in [0.15, 0.2) is 0 Å². The van der Waals surface area contributed by atoms with Crippen molar-refractivity contribution in [1.82, 2.24) is 20.2 Å². The van der Waals surface area contributed by atoms with Gasteiger partial charge in [0.25, 0.3) is 5.56 Å². The van der Waals surface area contributed by atoms with E-state index in [0.29, 0.717) is 23.0 Å². The zero-order valence-electron chi connectivity index (χ0n) is 14.3. The van der Waals surface area contributed by atoms with Crippen LogP contribution < -0.4 is 10.9 Å². The van der Waals surface area contributed by atoms with Crippen LogP contribution in [0.1, 0.15) is 23.1 Å². The van der Waals surface area contributed by atoms with Gasteiger partial charge in [-0.1, -0.05) is 12.1 Å². The van der Waals surface area contributed by atoms with Crippen molar-refractivity contribution in [1.29, 1.82) is 0 Å². The first kappa shape index (κ1) is 17.3. The molecule has 0 amide bonds. The summed E-state index contributed by atoms with van der Waals surface area (Å²) in [5, 5.41) is 9.54. The quantitative estimate of drug-likeness (QED) is 0.679. The van der Waals surface area contributed by atoms with E-state index in [-0.39, 0.29) is 17.7 Å². The molecule has 0 saturated heterocycles. The smallest absolute Gasteiger partial charge is 0.343 e. The Kier molecular flexibility index (Phi) is 5.02. The van der Waals surface area contributed by atoms with Crippen LogP contribution in [0.3, 0.4) is 0 Å². The number of ether oxygens (including phenoxy) is 1. The molecule has 0 aliphatic heterocycles. The standard InChI is InChI=1S/C18H17N5O3/c1-3-26-18(25)14-10-19-11(2)20-17(14)21-13-6-4-5-12(9-13)15-7-8-16(24)23-22-15/h4-10H,3H2,1-2H3,(H,23,24)(H,19,20,21). The number of aromatic amines is 1. The fourth-order valence-electron chi connectivity index (χ4n) is 2.32. The molecule has 2 N–H and O–H groups in total. The molecule has 26 heavy (non-hydrogen) atoms. The number of hydrogen-bond acceptors (Lipinski definition) is 7. The molecule has 0 fully saturated rings. The molecule has 0 bridgehead atoms. The minimum Gasteiger partial charge on any atom is -0.462 e. The first-order valence-corrected chi connectivity index (χ1v) is 8.01. The predicted octanol–water partition coefficient (Wildman–Crippen LogP) is 2.46. The summed E-state index contributed by atoms with van der Waals surface area (Å²) in [5.41, 5.74) is 2.12. The lowest BCUT2D eigenvalue weighted by Crippen LogP contribution is -2.11. The molecule has 2 heterocycles. The number of carbonyl (C=O) groups excluding carboxylic acids is 1. The normalized spacial score (nSPS) is 10.4. The van der Waals surface area contributed by atoms with E-state index in [4.69, 9.17) is 4.74 Å². The van der Waals surface area contributed by atoms with Gasteiger partial charge in [0, 0.05) is 23.5 Å². The van der Waals surface area contributed by atoms with Gasteiger partial charge in [-0.3, -0.25) is 4.79 Å². The highest BCUT2D eigenvalue weighted by Gasteiger charge is 2.15. The Labute approximate surface area is 149 Å². The van der Waals surface area contributed by atoms with Crippen LogP contribution in [0.5, 0.6) is 0 Å². The van der Waals surface area contributed by atoms with Crippen LogP contribution in [-0.2, 0) is 4.74 Å². The van der Waals surface area contributed by atoms with Gasteiger partial charge >= 0.3 is 5.97 Å². The molecular weight excluding hydrogens is 334 g/mol. The van der Waals surface area contributed by atoms with Crippen molar-refractivity contribution in [2.45, 2.75) is 13.8 Å². The topological polar surface area (TPSA) is 110 Å². The maximum atomic E-state index is 12.1. The number of benzene rings is 1. The van der Waals surface area contributed by atoms with Gasteiger partial charge in [0.1, 0.15) is 17.2 Å². The molecule has 8 heteroatoms. The minimum absolute atomic E-state index is 0.255. The number of carbonyl (C=O) groups is 1. The Bertz CT molecular complexity index is 980. The molecule has 0 unspecified atom stereocenters. The Hall–Kier alpha value is -3.55. The van der Waals surface area contributed by atoms with E-state index in [1.54, 1.807) is 19.9 Å². The van der Waals surface area contributed by atoms with Gasteiger partial charge in [-0.15, -0.1) is 0 Å². The Balaban J connectivity index is 1.93. The third-order valence-electron chi connectivity index (χ3n) is 3.50. The largest absolute Gasteiger partial charge is 0.462 e. The molecule has 0 aliphatic rings. The average Bonchev–Trinajstić information content (AvgIpc) is 2.63. The molecule has 8 nitrogen and oxygen atoms in total. The summed E-state index contributed by atoms with van der Waals surface area (Å²) in [4.78, 5) is 31.6. The number of aromatic nitrogens is 4. The van der Waals surface area contributed by atoms with Gasteiger partial charge in [0.2, 0.25) is 0 Å². The molecule has 3 aromatic rings. The summed E-state index contributed by atoms with van der Waals surface area (Å²) in [7, 11) is 0. The highest BCUT2D eigenvalue weighted by atomic mass is 16.5. The van der Waals surface area contributed by atoms with Crippen LogP contribution in [0.4, 0.5) is 11.5 Å². The molecule has 2 aromatic heterocycles. The van der Waals surface area contributed by atoms with E-state index in [9.17, 15) is 9.59 Å². The average molecular weight is 351 g/mol. The second-order valence-corrected chi connectivity index (χ2v) is 5.41. The third kappa shape index (κ3) is 3.92. The lowest BCUT2D eigenvalue weighted by atomic mass is 10.1. The number of rotatable bonds is 5. The number of nitrogens with zero attached hydrogens (tertiary/aromatic N) is 3. The summed E-state index contributed by atoms with van der Waals surface area (Å²) in [6.07, 6.45) is 1.44. The summed E-state index contributed by atoms with van der Waals surface area (Å²) in [6.45, 7) is 3.74. The van der Waals surface area contributed by atoms with E-state index < -0.39 is 5.97 Å². The molecule has 0 radical (unpaired) electrons. The van der Waals surface area contributed by atoms with Gasteiger partial charge in [-0.05, 0) is 32.0 Å². The van der Waals surface area contributed by atoms with Crippen LogP contribution in [0.15, 0.2) is 47.4 Å². The molecule has 3 rings (SSSR count). The van der Waals surface area contributed by atoms with E-state index in [1.165, 1.54) is 12.3 Å². The monoisotopic (exact) mass is 351 g/mol. The second-order valence-electron chi connectivity index (χ2n) is 5.41. The van der Waals surface area contributed by atoms with Crippen LogP contribution in [0.2, 0.25) is 0 Å². The SMILES string of the molecule is CCOC(=O)c1cnc(C)nc1Nc1cccc(-c2ccc(=O)[nH]n2)c1. The zero-order chi connectivity index (χ0) is 18.5. The molecule has 132 valence electrons. The third-order valence-corrected chi connectivity index (χ3v) is 3.50. The molecule has 0 spiro atoms. The van der Waals surface area contributed by atoms with E-state index in [1.807, 2.05) is 24.3 Å². The summed E-state index contributed by atoms with van der Waals surface area (Å²) in [5.74, 6) is 0.398. The molecule has 0 saturated carbocycles. The lowest BCUT2D eigenvalue weighted by Gasteiger charge is -2.11. The Morgan fingerprint density at radius 2 is 2.12 bits per heavy atom. The van der Waals surface area contributed by atoms with Crippen molar-refractivity contribution in [3.05, 3.63) is 64.3 Å². The van der Waals surface area contributed by atoms with Crippen LogP contribution in [-0.4, -0.2) is 32.7 Å². The Morgan fingerprint density at radius 1 is 1.27 bits per heavy atom. The zero-order valence-corrected chi connectivity index (χ0v) is 14.3. The van der Waals surface area contributed by atoms with Gasteiger partial charge < -0.3 is 10.1 Å². The molecule has 0 atom stereocenters. The van der Waals surface area contributed by atoms with Crippen molar-refractivity contribution in [3.8, 4) is 11.3 Å². The number of aryl methyl sites for hydroxylation is 1. The van der Waals surface area contributed by atoms with Crippen molar-refractivity contribution in [2.75, 3.05) is 11.9 Å². The summed E-state index contributed by atoms with van der Waals surface area (Å²) < 4.78 is 5.05. The summed E-state index contributed by atoms with van der Waals surface area (Å²) in [6, 6.07) is 10.4. The molecular formula is C18H17N5O3. The fraction of sp³-hybridized carbons (Fsp3) is 0.167. The predicted molar refractivity (Wildman–Crippen MR) is 96.3 cm³/mol. The first-order chi connectivity index (χ1) is 12.6. The Morgan fingerprint density at radius 3 is 2.85 bits per heavy atom. The first-order valence-electron chi connectivity index (χ1n) is 8.01. The van der Waals surface area contributed by atoms with Crippen LogP contribution >= 0.6 is 0 Å². The number of nitrogens with one attached hydrogen (secondary N) is 2. The maximum absolute atomic E-state index is 12.1. The van der Waals surface area contributed by atoms with Crippen LogP contribution in [0.25, 0.3) is 11.3 Å². The highest BCUT2D eigenvalue weighted by molar-refractivity contribution is 5.95. The van der Waals surface area contributed by atoms with Gasteiger partial charge in [-0.25, -0.2) is 19.9 Å². The minimum atomic E-state index is -0.492. The maximum Gasteiger partial charge on any atom is 0.343 e. The molecule has 0 aliphatic carbocycles. The van der Waals surface area contributed by atoms with Crippen LogP contribution in [0, 0.1) is 6.92 Å². The fourth-order valence-corrected chi connectivity index (χ4v) is 2.32. The van der Waals surface area contributed by atoms with Crippen molar-refractivity contribution < 1.29 is 9.53 Å². The van der Waals surface area contributed by atoms with E-state index in [2.05, 4.69) is 25.5 Å². The summed E-state index contributed by atoms with van der Waals surface area (Å²) >= 11 is 0. The second kappa shape index (κ2) is 7.56. The lowest BCUT2D eigenvalue weighted by molar-refractivity contribution is 0.0526. The van der Waals surface area contributed by atoms with Crippen molar-refractivity contribution >= 4 is 17.5 Å². The van der Waals surface area contributed by atoms with E-state index >= 15 is 0 Å². The van der Waals surface area contributed by atoms with Crippen molar-refractivity contribution in [3.63, 3.8) is 0 Å².